The maximum absolute atomic E-state index is 10.9. The number of anilines is 1. The first-order valence-corrected chi connectivity index (χ1v) is 6.42. The lowest BCUT2D eigenvalue weighted by molar-refractivity contribution is -0.385. The van der Waals surface area contributed by atoms with Crippen molar-refractivity contribution in [2.75, 3.05) is 31.6 Å². The number of nitro groups is 1. The van der Waals surface area contributed by atoms with E-state index in [1.54, 1.807) is 12.1 Å². The number of nitrogens with zero attached hydrogens (tertiary/aromatic N) is 2. The molecule has 0 saturated carbocycles. The third kappa shape index (κ3) is 4.40. The van der Waals surface area contributed by atoms with Gasteiger partial charge in [-0.3, -0.25) is 10.1 Å². The van der Waals surface area contributed by atoms with E-state index in [9.17, 15) is 10.1 Å². The van der Waals surface area contributed by atoms with Crippen LogP contribution >= 0.6 is 0 Å². The highest BCUT2D eigenvalue weighted by Crippen LogP contribution is 2.31. The van der Waals surface area contributed by atoms with E-state index >= 15 is 0 Å². The average Bonchev–Trinajstić information content (AvgIpc) is 2.41. The predicted octanol–water partition coefficient (Wildman–Crippen LogP) is 2.17. The summed E-state index contributed by atoms with van der Waals surface area (Å²) in [4.78, 5) is 12.5. The van der Waals surface area contributed by atoms with Crippen LogP contribution in [0.15, 0.2) is 18.2 Å². The van der Waals surface area contributed by atoms with Gasteiger partial charge in [-0.15, -0.1) is 0 Å². The van der Waals surface area contributed by atoms with Crippen LogP contribution in [0, 0.1) is 10.1 Å². The third-order valence-corrected chi connectivity index (χ3v) is 2.74. The molecular formula is C13H21N3O3. The van der Waals surface area contributed by atoms with Crippen LogP contribution in [-0.2, 0) is 0 Å². The predicted molar refractivity (Wildman–Crippen MR) is 75.8 cm³/mol. The molecule has 0 amide bonds. The monoisotopic (exact) mass is 267 g/mol. The summed E-state index contributed by atoms with van der Waals surface area (Å²) >= 11 is 0. The Bertz CT molecular complexity index is 424. The molecule has 0 aliphatic heterocycles. The first-order valence-electron chi connectivity index (χ1n) is 6.42. The van der Waals surface area contributed by atoms with Crippen molar-refractivity contribution in [1.29, 1.82) is 0 Å². The summed E-state index contributed by atoms with van der Waals surface area (Å²) in [6.07, 6.45) is 1.68. The zero-order valence-corrected chi connectivity index (χ0v) is 11.5. The van der Waals surface area contributed by atoms with Gasteiger partial charge in [-0.2, -0.15) is 0 Å². The molecule has 6 nitrogen and oxygen atoms in total. The zero-order valence-electron chi connectivity index (χ0n) is 11.5. The Morgan fingerprint density at radius 3 is 2.79 bits per heavy atom. The molecule has 1 rings (SSSR count). The van der Waals surface area contributed by atoms with Crippen molar-refractivity contribution in [2.45, 2.75) is 19.8 Å². The van der Waals surface area contributed by atoms with Crippen molar-refractivity contribution < 1.29 is 9.66 Å². The molecule has 0 bridgehead atoms. The molecule has 0 spiro atoms. The molecule has 0 atom stereocenters. The van der Waals surface area contributed by atoms with Crippen LogP contribution in [0.5, 0.6) is 5.75 Å². The highest BCUT2D eigenvalue weighted by molar-refractivity contribution is 5.59. The fourth-order valence-electron chi connectivity index (χ4n) is 1.68. The Hall–Kier alpha value is -1.82. The van der Waals surface area contributed by atoms with Gasteiger partial charge in [0.2, 0.25) is 0 Å². The molecule has 0 aliphatic carbocycles. The van der Waals surface area contributed by atoms with Crippen LogP contribution in [0.3, 0.4) is 0 Å². The molecule has 0 heterocycles. The van der Waals surface area contributed by atoms with Crippen molar-refractivity contribution >= 4 is 11.4 Å². The summed E-state index contributed by atoms with van der Waals surface area (Å²) in [5, 5.41) is 10.9. The van der Waals surface area contributed by atoms with E-state index < -0.39 is 4.92 Å². The molecule has 1 aromatic carbocycles. The molecule has 0 saturated heterocycles. The van der Waals surface area contributed by atoms with Crippen molar-refractivity contribution in [3.8, 4) is 5.75 Å². The van der Waals surface area contributed by atoms with Crippen molar-refractivity contribution in [2.24, 2.45) is 5.73 Å². The van der Waals surface area contributed by atoms with Gasteiger partial charge < -0.3 is 15.4 Å². The van der Waals surface area contributed by atoms with Gasteiger partial charge in [-0.25, -0.2) is 0 Å². The van der Waals surface area contributed by atoms with Crippen molar-refractivity contribution in [3.05, 3.63) is 28.3 Å². The second kappa shape index (κ2) is 7.58. The topological polar surface area (TPSA) is 81.6 Å². The summed E-state index contributed by atoms with van der Waals surface area (Å²) in [5.41, 5.74) is 6.37. The molecule has 0 radical (unpaired) electrons. The molecule has 106 valence electrons. The van der Waals surface area contributed by atoms with Crippen LogP contribution in [-0.4, -0.2) is 31.7 Å². The van der Waals surface area contributed by atoms with Gasteiger partial charge in [-0.1, -0.05) is 6.92 Å². The average molecular weight is 267 g/mol. The molecule has 2 N–H and O–H groups in total. The molecule has 0 unspecified atom stereocenters. The van der Waals surface area contributed by atoms with E-state index in [1.807, 2.05) is 18.9 Å². The summed E-state index contributed by atoms with van der Waals surface area (Å²) in [6, 6.07) is 4.93. The highest BCUT2D eigenvalue weighted by Gasteiger charge is 2.16. The van der Waals surface area contributed by atoms with Gasteiger partial charge in [-0.05, 0) is 25.5 Å². The number of nitrogens with two attached hydrogens (primary N) is 1. The van der Waals surface area contributed by atoms with E-state index in [0.717, 1.165) is 25.1 Å². The lowest BCUT2D eigenvalue weighted by Crippen LogP contribution is -2.21. The Balaban J connectivity index is 2.93. The van der Waals surface area contributed by atoms with Crippen LogP contribution in [0.1, 0.15) is 19.8 Å². The minimum Gasteiger partial charge on any atom is -0.487 e. The first-order chi connectivity index (χ1) is 9.10. The quantitative estimate of drug-likeness (QED) is 0.576. The molecule has 0 aliphatic rings. The van der Waals surface area contributed by atoms with E-state index in [-0.39, 0.29) is 5.69 Å². The Morgan fingerprint density at radius 2 is 2.21 bits per heavy atom. The van der Waals surface area contributed by atoms with Crippen molar-refractivity contribution in [1.82, 2.24) is 0 Å². The maximum atomic E-state index is 10.9. The summed E-state index contributed by atoms with van der Waals surface area (Å²) in [7, 11) is 1.93. The smallest absolute Gasteiger partial charge is 0.311 e. The largest absolute Gasteiger partial charge is 0.487 e. The van der Waals surface area contributed by atoms with Gasteiger partial charge >= 0.3 is 5.69 Å². The molecule has 0 fully saturated rings. The van der Waals surface area contributed by atoms with Crippen LogP contribution in [0.2, 0.25) is 0 Å². The number of benzene rings is 1. The molecule has 0 aromatic heterocycles. The minimum atomic E-state index is -0.422. The molecule has 6 heteroatoms. The number of nitro benzene ring substituents is 1. The van der Waals surface area contributed by atoms with E-state index in [0.29, 0.717) is 18.9 Å². The standard InChI is InChI=1S/C13H21N3O3/c1-3-9-19-13-10-11(15(2)8-4-7-14)5-6-12(13)16(17)18/h5-6,10H,3-4,7-9,14H2,1-2H3. The summed E-state index contributed by atoms with van der Waals surface area (Å²) in [5.74, 6) is 0.323. The highest BCUT2D eigenvalue weighted by atomic mass is 16.6. The van der Waals surface area contributed by atoms with Crippen LogP contribution < -0.4 is 15.4 Å². The second-order valence-electron chi connectivity index (χ2n) is 4.32. The normalized spacial score (nSPS) is 10.3. The fraction of sp³-hybridized carbons (Fsp3) is 0.538. The van der Waals surface area contributed by atoms with Crippen molar-refractivity contribution in [3.63, 3.8) is 0 Å². The minimum absolute atomic E-state index is 0.00410. The molecular weight excluding hydrogens is 246 g/mol. The second-order valence-corrected chi connectivity index (χ2v) is 4.32. The zero-order chi connectivity index (χ0) is 14.3. The van der Waals surface area contributed by atoms with Crippen LogP contribution in [0.4, 0.5) is 11.4 Å². The first kappa shape index (κ1) is 15.2. The number of ether oxygens (including phenoxy) is 1. The number of hydrogen-bond acceptors (Lipinski definition) is 5. The Morgan fingerprint density at radius 1 is 1.47 bits per heavy atom. The van der Waals surface area contributed by atoms with Gasteiger partial charge in [0, 0.05) is 31.4 Å². The number of hydrogen-bond donors (Lipinski definition) is 1. The van der Waals surface area contributed by atoms with Gasteiger partial charge in [0.05, 0.1) is 11.5 Å². The van der Waals surface area contributed by atoms with Gasteiger partial charge in [0.25, 0.3) is 0 Å². The lowest BCUT2D eigenvalue weighted by atomic mass is 10.2. The van der Waals surface area contributed by atoms with E-state index in [1.165, 1.54) is 6.07 Å². The van der Waals surface area contributed by atoms with Gasteiger partial charge in [0.1, 0.15) is 0 Å². The van der Waals surface area contributed by atoms with Crippen LogP contribution in [0.25, 0.3) is 0 Å². The summed E-state index contributed by atoms with van der Waals surface area (Å²) < 4.78 is 5.45. The fourth-order valence-corrected chi connectivity index (χ4v) is 1.68. The lowest BCUT2D eigenvalue weighted by Gasteiger charge is -2.19. The SMILES string of the molecule is CCCOc1cc(N(C)CCCN)ccc1[N+](=O)[O-]. The Labute approximate surface area is 113 Å². The van der Waals surface area contributed by atoms with E-state index in [2.05, 4.69) is 0 Å². The third-order valence-electron chi connectivity index (χ3n) is 2.74. The molecule has 19 heavy (non-hydrogen) atoms. The summed E-state index contributed by atoms with van der Waals surface area (Å²) in [6.45, 7) is 3.86. The maximum Gasteiger partial charge on any atom is 0.311 e. The Kier molecular flexibility index (Phi) is 6.08. The number of rotatable bonds is 8. The van der Waals surface area contributed by atoms with Gasteiger partial charge in [0.15, 0.2) is 5.75 Å². The van der Waals surface area contributed by atoms with E-state index in [4.69, 9.17) is 10.5 Å². The molecule has 1 aromatic rings.